The molecule has 0 saturated heterocycles. The summed E-state index contributed by atoms with van der Waals surface area (Å²) in [6, 6.07) is 6.41. The monoisotopic (exact) mass is 282 g/mol. The van der Waals surface area contributed by atoms with Crippen LogP contribution in [0.1, 0.15) is 39.7 Å². The van der Waals surface area contributed by atoms with Gasteiger partial charge in [-0.25, -0.2) is 0 Å². The zero-order valence-electron chi connectivity index (χ0n) is 12.7. The summed E-state index contributed by atoms with van der Waals surface area (Å²) < 4.78 is 0. The second kappa shape index (κ2) is 8.44. The molecule has 2 nitrogen and oxygen atoms in total. The summed E-state index contributed by atoms with van der Waals surface area (Å²) >= 11 is 6.41. The molecule has 0 radical (unpaired) electrons. The molecule has 0 aliphatic carbocycles. The van der Waals surface area contributed by atoms with Crippen molar-refractivity contribution in [2.45, 2.75) is 40.7 Å². The van der Waals surface area contributed by atoms with Crippen molar-refractivity contribution in [1.82, 2.24) is 5.32 Å². The van der Waals surface area contributed by atoms with Crippen molar-refractivity contribution in [1.29, 1.82) is 0 Å². The van der Waals surface area contributed by atoms with E-state index in [1.54, 1.807) is 0 Å². The van der Waals surface area contributed by atoms with Gasteiger partial charge >= 0.3 is 0 Å². The fourth-order valence-electron chi connectivity index (χ4n) is 2.14. The van der Waals surface area contributed by atoms with Gasteiger partial charge in [-0.2, -0.15) is 0 Å². The molecule has 19 heavy (non-hydrogen) atoms. The number of halogens is 1. The molecular formula is C16H27ClN2. The Kier molecular flexibility index (Phi) is 7.25. The third-order valence-corrected chi connectivity index (χ3v) is 3.41. The van der Waals surface area contributed by atoms with Gasteiger partial charge in [0.1, 0.15) is 0 Å². The Morgan fingerprint density at radius 1 is 1.26 bits per heavy atom. The molecule has 0 aromatic heterocycles. The van der Waals surface area contributed by atoms with E-state index in [0.717, 1.165) is 43.3 Å². The average Bonchev–Trinajstić information content (AvgIpc) is 2.36. The zero-order valence-corrected chi connectivity index (χ0v) is 13.4. The molecule has 0 spiro atoms. The maximum atomic E-state index is 6.41. The quantitative estimate of drug-likeness (QED) is 0.764. The Morgan fingerprint density at radius 2 is 2.00 bits per heavy atom. The minimum atomic E-state index is 0.676. The SMILES string of the molecule is CCCN(CC)c1ccc(CNCC(C)C)cc1Cl. The van der Waals surface area contributed by atoms with Crippen LogP contribution in [-0.4, -0.2) is 19.6 Å². The Hall–Kier alpha value is -0.730. The van der Waals surface area contributed by atoms with E-state index < -0.39 is 0 Å². The van der Waals surface area contributed by atoms with Crippen molar-refractivity contribution in [3.8, 4) is 0 Å². The van der Waals surface area contributed by atoms with Gasteiger partial charge in [0.2, 0.25) is 0 Å². The Labute approximate surface area is 123 Å². The van der Waals surface area contributed by atoms with Crippen LogP contribution in [0.3, 0.4) is 0 Å². The first-order valence-electron chi connectivity index (χ1n) is 7.32. The number of nitrogens with zero attached hydrogens (tertiary/aromatic N) is 1. The summed E-state index contributed by atoms with van der Waals surface area (Å²) in [6.07, 6.45) is 1.14. The van der Waals surface area contributed by atoms with Crippen LogP contribution in [0.4, 0.5) is 5.69 Å². The van der Waals surface area contributed by atoms with E-state index in [-0.39, 0.29) is 0 Å². The zero-order chi connectivity index (χ0) is 14.3. The van der Waals surface area contributed by atoms with E-state index >= 15 is 0 Å². The van der Waals surface area contributed by atoms with Gasteiger partial charge in [0, 0.05) is 19.6 Å². The van der Waals surface area contributed by atoms with Crippen molar-refractivity contribution in [2.24, 2.45) is 5.92 Å². The standard InChI is InChI=1S/C16H27ClN2/c1-5-9-19(6-2)16-8-7-14(10-15(16)17)12-18-11-13(3)4/h7-8,10,13,18H,5-6,9,11-12H2,1-4H3. The summed E-state index contributed by atoms with van der Waals surface area (Å²) in [5, 5.41) is 4.30. The molecule has 0 bridgehead atoms. The van der Waals surface area contributed by atoms with Crippen LogP contribution >= 0.6 is 11.6 Å². The number of nitrogens with one attached hydrogen (secondary N) is 1. The van der Waals surface area contributed by atoms with Crippen LogP contribution in [-0.2, 0) is 6.54 Å². The topological polar surface area (TPSA) is 15.3 Å². The molecule has 0 aliphatic heterocycles. The van der Waals surface area contributed by atoms with Gasteiger partial charge in [-0.3, -0.25) is 0 Å². The normalized spacial score (nSPS) is 11.1. The van der Waals surface area contributed by atoms with Gasteiger partial charge in [-0.05, 0) is 43.5 Å². The smallest absolute Gasteiger partial charge is 0.0642 e. The van der Waals surface area contributed by atoms with Crippen LogP contribution in [0.15, 0.2) is 18.2 Å². The molecule has 1 aromatic carbocycles. The highest BCUT2D eigenvalue weighted by Crippen LogP contribution is 2.27. The first kappa shape index (κ1) is 16.3. The molecule has 1 rings (SSSR count). The minimum Gasteiger partial charge on any atom is -0.371 e. The molecular weight excluding hydrogens is 256 g/mol. The molecule has 1 N–H and O–H groups in total. The van der Waals surface area contributed by atoms with Crippen LogP contribution in [0.2, 0.25) is 5.02 Å². The van der Waals surface area contributed by atoms with Crippen LogP contribution < -0.4 is 10.2 Å². The van der Waals surface area contributed by atoms with E-state index in [2.05, 4.69) is 56.1 Å². The Bertz CT molecular complexity index is 377. The van der Waals surface area contributed by atoms with Gasteiger partial charge in [0.25, 0.3) is 0 Å². The molecule has 0 saturated carbocycles. The lowest BCUT2D eigenvalue weighted by atomic mass is 10.1. The lowest BCUT2D eigenvalue weighted by Crippen LogP contribution is -2.24. The highest BCUT2D eigenvalue weighted by atomic mass is 35.5. The van der Waals surface area contributed by atoms with Crippen molar-refractivity contribution in [3.05, 3.63) is 28.8 Å². The van der Waals surface area contributed by atoms with Crippen molar-refractivity contribution in [3.63, 3.8) is 0 Å². The van der Waals surface area contributed by atoms with Crippen LogP contribution in [0.25, 0.3) is 0 Å². The number of anilines is 1. The summed E-state index contributed by atoms with van der Waals surface area (Å²) in [5.41, 5.74) is 2.40. The van der Waals surface area contributed by atoms with Gasteiger partial charge in [0.15, 0.2) is 0 Å². The number of rotatable bonds is 8. The van der Waals surface area contributed by atoms with E-state index in [4.69, 9.17) is 11.6 Å². The summed E-state index contributed by atoms with van der Waals surface area (Å²) in [5.74, 6) is 0.676. The molecule has 0 atom stereocenters. The number of hydrogen-bond donors (Lipinski definition) is 1. The Morgan fingerprint density at radius 3 is 2.53 bits per heavy atom. The van der Waals surface area contributed by atoms with Gasteiger partial charge < -0.3 is 10.2 Å². The first-order chi connectivity index (χ1) is 9.08. The molecule has 0 unspecified atom stereocenters. The molecule has 0 aliphatic rings. The minimum absolute atomic E-state index is 0.676. The lowest BCUT2D eigenvalue weighted by molar-refractivity contribution is 0.552. The maximum absolute atomic E-state index is 6.41. The number of benzene rings is 1. The van der Waals surface area contributed by atoms with Crippen LogP contribution in [0, 0.1) is 5.92 Å². The molecule has 3 heteroatoms. The van der Waals surface area contributed by atoms with Crippen LogP contribution in [0.5, 0.6) is 0 Å². The maximum Gasteiger partial charge on any atom is 0.0642 e. The van der Waals surface area contributed by atoms with Gasteiger partial charge in [0.05, 0.1) is 10.7 Å². The molecule has 1 aromatic rings. The number of hydrogen-bond acceptors (Lipinski definition) is 2. The lowest BCUT2D eigenvalue weighted by Gasteiger charge is -2.24. The predicted octanol–water partition coefficient (Wildman–Crippen LogP) is 4.32. The third-order valence-electron chi connectivity index (χ3n) is 3.11. The van der Waals surface area contributed by atoms with E-state index in [9.17, 15) is 0 Å². The van der Waals surface area contributed by atoms with Gasteiger partial charge in [-0.15, -0.1) is 0 Å². The predicted molar refractivity (Wildman–Crippen MR) is 86.2 cm³/mol. The second-order valence-corrected chi connectivity index (χ2v) is 5.80. The third kappa shape index (κ3) is 5.42. The largest absolute Gasteiger partial charge is 0.371 e. The summed E-state index contributed by atoms with van der Waals surface area (Å²) in [6.45, 7) is 12.8. The highest BCUT2D eigenvalue weighted by molar-refractivity contribution is 6.33. The fourth-order valence-corrected chi connectivity index (χ4v) is 2.46. The molecule has 108 valence electrons. The summed E-state index contributed by atoms with van der Waals surface area (Å²) in [4.78, 5) is 2.33. The van der Waals surface area contributed by atoms with E-state index in [0.29, 0.717) is 5.92 Å². The average molecular weight is 283 g/mol. The van der Waals surface area contributed by atoms with Crippen molar-refractivity contribution in [2.75, 3.05) is 24.5 Å². The summed E-state index contributed by atoms with van der Waals surface area (Å²) in [7, 11) is 0. The Balaban J connectivity index is 2.68. The first-order valence-corrected chi connectivity index (χ1v) is 7.70. The van der Waals surface area contributed by atoms with E-state index in [1.807, 2.05) is 0 Å². The second-order valence-electron chi connectivity index (χ2n) is 5.39. The van der Waals surface area contributed by atoms with Crippen molar-refractivity contribution >= 4 is 17.3 Å². The molecule has 0 amide bonds. The van der Waals surface area contributed by atoms with Crippen molar-refractivity contribution < 1.29 is 0 Å². The van der Waals surface area contributed by atoms with E-state index in [1.165, 1.54) is 5.56 Å². The van der Waals surface area contributed by atoms with Gasteiger partial charge in [-0.1, -0.05) is 38.4 Å². The fraction of sp³-hybridized carbons (Fsp3) is 0.625. The molecule has 0 heterocycles. The molecule has 0 fully saturated rings. The highest BCUT2D eigenvalue weighted by Gasteiger charge is 2.08.